The van der Waals surface area contributed by atoms with Gasteiger partial charge in [-0.15, -0.1) is 0 Å². The summed E-state index contributed by atoms with van der Waals surface area (Å²) in [4.78, 5) is 16.4. The lowest BCUT2D eigenvalue weighted by Crippen LogP contribution is -2.19. The number of nitrogens with one attached hydrogen (secondary N) is 1. The van der Waals surface area contributed by atoms with Crippen LogP contribution in [-0.4, -0.2) is 30.3 Å². The molecule has 0 atom stereocenters. The van der Waals surface area contributed by atoms with E-state index in [4.69, 9.17) is 15.2 Å². The lowest BCUT2D eigenvalue weighted by Gasteiger charge is -2.11. The first kappa shape index (κ1) is 20.6. The zero-order chi connectivity index (χ0) is 20.6. The number of nitrogens with two attached hydrogens (primary N) is 1. The minimum atomic E-state index is -0.203. The van der Waals surface area contributed by atoms with Crippen molar-refractivity contribution in [3.8, 4) is 11.5 Å². The van der Waals surface area contributed by atoms with Crippen LogP contribution in [0.25, 0.3) is 10.2 Å². The molecule has 0 saturated heterocycles. The van der Waals surface area contributed by atoms with Gasteiger partial charge in [-0.25, -0.2) is 10.4 Å². The van der Waals surface area contributed by atoms with E-state index in [1.165, 1.54) is 11.3 Å². The van der Waals surface area contributed by atoms with Crippen molar-refractivity contribution in [3.05, 3.63) is 47.5 Å². The van der Waals surface area contributed by atoms with Gasteiger partial charge in [-0.3, -0.25) is 4.79 Å². The third kappa shape index (κ3) is 5.68. The van der Waals surface area contributed by atoms with Crippen LogP contribution < -0.4 is 20.6 Å². The number of fused-ring (bicyclic) bond motifs is 1. The third-order valence-corrected chi connectivity index (χ3v) is 4.81. The normalized spacial score (nSPS) is 11.1. The fourth-order valence-electron chi connectivity index (χ4n) is 2.71. The Labute approximate surface area is 173 Å². The maximum Gasteiger partial charge on any atom is 0.244 e. The monoisotopic (exact) mass is 412 g/mol. The fourth-order valence-corrected chi connectivity index (χ4v) is 3.50. The second-order valence-electron chi connectivity index (χ2n) is 6.31. The van der Waals surface area contributed by atoms with Gasteiger partial charge in [-0.2, -0.15) is 5.10 Å². The maximum absolute atomic E-state index is 12.2. The van der Waals surface area contributed by atoms with E-state index in [1.807, 2.05) is 43.3 Å². The maximum atomic E-state index is 12.2. The van der Waals surface area contributed by atoms with Crippen molar-refractivity contribution < 1.29 is 14.3 Å². The molecule has 29 heavy (non-hydrogen) atoms. The summed E-state index contributed by atoms with van der Waals surface area (Å²) in [7, 11) is 0. The lowest BCUT2D eigenvalue weighted by atomic mass is 10.1. The SMILES string of the molecule is CCCOc1ccc(/C=N\NC(=O)Cc2ccc3nc(N)sc3c2)cc1OCC. The number of amides is 1. The van der Waals surface area contributed by atoms with Crippen molar-refractivity contribution in [2.45, 2.75) is 26.7 Å². The highest BCUT2D eigenvalue weighted by molar-refractivity contribution is 7.22. The number of benzene rings is 2. The van der Waals surface area contributed by atoms with Crippen LogP contribution in [0.5, 0.6) is 11.5 Å². The number of nitrogen functional groups attached to an aromatic ring is 1. The molecule has 1 heterocycles. The molecule has 0 bridgehead atoms. The molecule has 152 valence electrons. The van der Waals surface area contributed by atoms with E-state index in [9.17, 15) is 4.79 Å². The number of hydrazone groups is 1. The Balaban J connectivity index is 1.60. The zero-order valence-electron chi connectivity index (χ0n) is 16.5. The third-order valence-electron chi connectivity index (χ3n) is 3.97. The second-order valence-corrected chi connectivity index (χ2v) is 7.37. The molecule has 0 unspecified atom stereocenters. The van der Waals surface area contributed by atoms with Crippen molar-refractivity contribution >= 4 is 38.8 Å². The van der Waals surface area contributed by atoms with E-state index in [1.54, 1.807) is 6.21 Å². The van der Waals surface area contributed by atoms with Gasteiger partial charge >= 0.3 is 0 Å². The van der Waals surface area contributed by atoms with Gasteiger partial charge in [0.25, 0.3) is 0 Å². The molecule has 3 rings (SSSR count). The van der Waals surface area contributed by atoms with E-state index in [0.29, 0.717) is 29.8 Å². The molecular formula is C21H24N4O3S. The average molecular weight is 413 g/mol. The molecule has 0 fully saturated rings. The van der Waals surface area contributed by atoms with Crippen LogP contribution in [0.4, 0.5) is 5.13 Å². The number of thiazole rings is 1. The second kappa shape index (κ2) is 9.88. The van der Waals surface area contributed by atoms with Crippen molar-refractivity contribution in [1.29, 1.82) is 0 Å². The van der Waals surface area contributed by atoms with E-state index in [0.717, 1.165) is 27.8 Å². The van der Waals surface area contributed by atoms with Crippen molar-refractivity contribution in [1.82, 2.24) is 10.4 Å². The van der Waals surface area contributed by atoms with Gasteiger partial charge in [0.2, 0.25) is 5.91 Å². The molecule has 2 aromatic carbocycles. The summed E-state index contributed by atoms with van der Waals surface area (Å²) >= 11 is 1.40. The molecule has 0 aliphatic rings. The summed E-state index contributed by atoms with van der Waals surface area (Å²) in [6.07, 6.45) is 2.72. The number of carbonyl (C=O) groups is 1. The minimum absolute atomic E-state index is 0.203. The van der Waals surface area contributed by atoms with Gasteiger partial charge in [0.05, 0.1) is 36.1 Å². The van der Waals surface area contributed by atoms with Crippen LogP contribution in [-0.2, 0) is 11.2 Å². The number of rotatable bonds is 9. The molecule has 1 amide bonds. The molecule has 0 radical (unpaired) electrons. The summed E-state index contributed by atoms with van der Waals surface area (Å²) in [5.74, 6) is 1.16. The summed E-state index contributed by atoms with van der Waals surface area (Å²) < 4.78 is 12.3. The number of ether oxygens (including phenoxy) is 2. The van der Waals surface area contributed by atoms with Crippen LogP contribution in [0.15, 0.2) is 41.5 Å². The van der Waals surface area contributed by atoms with E-state index in [-0.39, 0.29) is 12.3 Å². The highest BCUT2D eigenvalue weighted by Crippen LogP contribution is 2.28. The van der Waals surface area contributed by atoms with Crippen LogP contribution in [0, 0.1) is 0 Å². The Morgan fingerprint density at radius 1 is 1.21 bits per heavy atom. The highest BCUT2D eigenvalue weighted by Gasteiger charge is 2.07. The Morgan fingerprint density at radius 2 is 2.07 bits per heavy atom. The average Bonchev–Trinajstić information content (AvgIpc) is 3.07. The van der Waals surface area contributed by atoms with Crippen LogP contribution in [0.3, 0.4) is 0 Å². The van der Waals surface area contributed by atoms with Gasteiger partial charge in [0.1, 0.15) is 0 Å². The van der Waals surface area contributed by atoms with Crippen LogP contribution in [0.1, 0.15) is 31.4 Å². The minimum Gasteiger partial charge on any atom is -0.490 e. The summed E-state index contributed by atoms with van der Waals surface area (Å²) in [6, 6.07) is 11.2. The van der Waals surface area contributed by atoms with Crippen molar-refractivity contribution in [3.63, 3.8) is 0 Å². The predicted molar refractivity (Wildman–Crippen MR) is 117 cm³/mol. The first-order chi connectivity index (χ1) is 14.1. The zero-order valence-corrected chi connectivity index (χ0v) is 17.3. The van der Waals surface area contributed by atoms with Gasteiger partial charge in [0, 0.05) is 0 Å². The summed E-state index contributed by atoms with van der Waals surface area (Å²) in [5, 5.41) is 4.56. The first-order valence-electron chi connectivity index (χ1n) is 9.45. The van der Waals surface area contributed by atoms with Gasteiger partial charge < -0.3 is 15.2 Å². The molecule has 8 heteroatoms. The molecule has 3 N–H and O–H groups in total. The lowest BCUT2D eigenvalue weighted by molar-refractivity contribution is -0.120. The number of anilines is 1. The topological polar surface area (TPSA) is 98.8 Å². The Hall–Kier alpha value is -3.13. The highest BCUT2D eigenvalue weighted by atomic mass is 32.1. The van der Waals surface area contributed by atoms with Gasteiger partial charge in [-0.05, 0) is 54.8 Å². The smallest absolute Gasteiger partial charge is 0.244 e. The number of hydrogen-bond donors (Lipinski definition) is 2. The van der Waals surface area contributed by atoms with E-state index < -0.39 is 0 Å². The molecule has 0 saturated carbocycles. The number of nitrogens with zero attached hydrogens (tertiary/aromatic N) is 2. The Kier molecular flexibility index (Phi) is 7.02. The van der Waals surface area contributed by atoms with Crippen molar-refractivity contribution in [2.24, 2.45) is 5.10 Å². The number of hydrogen-bond acceptors (Lipinski definition) is 7. The Morgan fingerprint density at radius 3 is 2.86 bits per heavy atom. The fraction of sp³-hybridized carbons (Fsp3) is 0.286. The molecule has 0 spiro atoms. The quantitative estimate of drug-likeness (QED) is 0.412. The molecule has 7 nitrogen and oxygen atoms in total. The van der Waals surface area contributed by atoms with Crippen molar-refractivity contribution in [2.75, 3.05) is 18.9 Å². The van der Waals surface area contributed by atoms with Crippen LogP contribution >= 0.6 is 11.3 Å². The Bertz CT molecular complexity index is 1020. The number of carbonyl (C=O) groups excluding carboxylic acids is 1. The van der Waals surface area contributed by atoms with Gasteiger partial charge in [0.15, 0.2) is 16.6 Å². The molecule has 1 aromatic heterocycles. The molecular weight excluding hydrogens is 388 g/mol. The van der Waals surface area contributed by atoms with E-state index in [2.05, 4.69) is 22.4 Å². The molecule has 0 aliphatic carbocycles. The van der Waals surface area contributed by atoms with Gasteiger partial charge in [-0.1, -0.05) is 24.3 Å². The summed E-state index contributed by atoms with van der Waals surface area (Å²) in [6.45, 7) is 5.14. The largest absolute Gasteiger partial charge is 0.490 e. The number of aromatic nitrogens is 1. The standard InChI is InChI=1S/C21H24N4O3S/c1-3-9-28-17-8-6-15(10-18(17)27-4-2)13-23-25-20(26)12-14-5-7-16-19(11-14)29-21(22)24-16/h5-8,10-11,13H,3-4,9,12H2,1-2H3,(H2,22,24)(H,25,26)/b23-13-. The predicted octanol–water partition coefficient (Wildman–Crippen LogP) is 3.76. The molecule has 3 aromatic rings. The molecule has 0 aliphatic heterocycles. The van der Waals surface area contributed by atoms with E-state index >= 15 is 0 Å². The summed E-state index contributed by atoms with van der Waals surface area (Å²) in [5.41, 5.74) is 10.8. The first-order valence-corrected chi connectivity index (χ1v) is 10.3. The van der Waals surface area contributed by atoms with Crippen LogP contribution in [0.2, 0.25) is 0 Å².